The van der Waals surface area contributed by atoms with E-state index in [1.54, 1.807) is 0 Å². The fourth-order valence-electron chi connectivity index (χ4n) is 3.74. The molecule has 2 N–H and O–H groups in total. The molecule has 1 aromatic heterocycles. The molecular formula is C15H24N6O2. The van der Waals surface area contributed by atoms with E-state index in [0.29, 0.717) is 23.6 Å². The van der Waals surface area contributed by atoms with Crippen LogP contribution in [0.4, 0.5) is 23.3 Å². The summed E-state index contributed by atoms with van der Waals surface area (Å²) < 4.78 is 0. The molecule has 2 atom stereocenters. The van der Waals surface area contributed by atoms with Crippen molar-refractivity contribution in [3.05, 3.63) is 10.1 Å². The molecule has 23 heavy (non-hydrogen) atoms. The minimum Gasteiger partial charge on any atom is -0.378 e. The molecule has 3 rings (SSSR count). The Labute approximate surface area is 135 Å². The van der Waals surface area contributed by atoms with E-state index in [1.165, 1.54) is 0 Å². The largest absolute Gasteiger partial charge is 0.378 e. The van der Waals surface area contributed by atoms with Crippen molar-refractivity contribution < 1.29 is 4.92 Å². The first kappa shape index (κ1) is 15.8. The van der Waals surface area contributed by atoms with Crippen LogP contribution in [0.25, 0.3) is 0 Å². The van der Waals surface area contributed by atoms with Crippen molar-refractivity contribution in [1.82, 2.24) is 9.97 Å². The predicted octanol–water partition coefficient (Wildman–Crippen LogP) is 2.05. The Morgan fingerprint density at radius 1 is 1.13 bits per heavy atom. The Hall–Kier alpha value is -2.12. The van der Waals surface area contributed by atoms with Crippen LogP contribution >= 0.6 is 0 Å². The molecule has 126 valence electrons. The molecule has 2 unspecified atom stereocenters. The summed E-state index contributed by atoms with van der Waals surface area (Å²) in [6, 6.07) is 0. The second-order valence-corrected chi connectivity index (χ2v) is 6.88. The molecule has 8 nitrogen and oxygen atoms in total. The molecule has 0 bridgehead atoms. The van der Waals surface area contributed by atoms with Gasteiger partial charge in [-0.05, 0) is 31.1 Å². The van der Waals surface area contributed by atoms with E-state index in [2.05, 4.69) is 28.7 Å². The molecule has 0 aliphatic carbocycles. The summed E-state index contributed by atoms with van der Waals surface area (Å²) in [5.74, 6) is 1.82. The molecule has 0 spiro atoms. The number of hydrogen-bond acceptors (Lipinski definition) is 7. The number of nitro groups is 1. The minimum absolute atomic E-state index is 0.0345. The number of hydrogen-bond donors (Lipinski definition) is 1. The Balaban J connectivity index is 2.02. The Bertz CT molecular complexity index is 592. The van der Waals surface area contributed by atoms with Gasteiger partial charge in [0.05, 0.1) is 4.92 Å². The van der Waals surface area contributed by atoms with Crippen molar-refractivity contribution in [2.24, 2.45) is 11.8 Å². The first-order chi connectivity index (χ1) is 11.0. The van der Waals surface area contributed by atoms with Gasteiger partial charge in [0.25, 0.3) is 0 Å². The minimum atomic E-state index is -0.456. The lowest BCUT2D eigenvalue weighted by Gasteiger charge is -2.35. The van der Waals surface area contributed by atoms with E-state index >= 15 is 0 Å². The van der Waals surface area contributed by atoms with E-state index in [1.807, 2.05) is 4.90 Å². The molecule has 0 aromatic carbocycles. The lowest BCUT2D eigenvalue weighted by Crippen LogP contribution is -2.40. The van der Waals surface area contributed by atoms with Crippen LogP contribution in [0.3, 0.4) is 0 Å². The van der Waals surface area contributed by atoms with Gasteiger partial charge in [-0.3, -0.25) is 10.1 Å². The van der Waals surface area contributed by atoms with E-state index < -0.39 is 4.92 Å². The predicted molar refractivity (Wildman–Crippen MR) is 89.7 cm³/mol. The third-order valence-corrected chi connectivity index (χ3v) is 4.62. The van der Waals surface area contributed by atoms with E-state index in [0.717, 1.165) is 45.4 Å². The van der Waals surface area contributed by atoms with Crippen molar-refractivity contribution in [2.75, 3.05) is 41.7 Å². The van der Waals surface area contributed by atoms with Gasteiger partial charge in [0, 0.05) is 26.2 Å². The number of anilines is 3. The van der Waals surface area contributed by atoms with Crippen molar-refractivity contribution >= 4 is 23.3 Å². The van der Waals surface area contributed by atoms with E-state index in [4.69, 9.17) is 5.73 Å². The van der Waals surface area contributed by atoms with Gasteiger partial charge >= 0.3 is 5.69 Å². The summed E-state index contributed by atoms with van der Waals surface area (Å²) in [5.41, 5.74) is 5.76. The summed E-state index contributed by atoms with van der Waals surface area (Å²) in [7, 11) is 0. The molecule has 0 radical (unpaired) electrons. The molecule has 8 heteroatoms. The monoisotopic (exact) mass is 320 g/mol. The zero-order valence-electron chi connectivity index (χ0n) is 13.7. The summed E-state index contributed by atoms with van der Waals surface area (Å²) >= 11 is 0. The quantitative estimate of drug-likeness (QED) is 0.671. The summed E-state index contributed by atoms with van der Waals surface area (Å²) in [4.78, 5) is 23.8. The molecule has 2 saturated heterocycles. The molecule has 2 fully saturated rings. The molecule has 2 aliphatic heterocycles. The van der Waals surface area contributed by atoms with E-state index in [-0.39, 0.29) is 11.5 Å². The van der Waals surface area contributed by atoms with Gasteiger partial charge in [-0.1, -0.05) is 13.8 Å². The maximum Gasteiger partial charge on any atom is 0.353 e. The van der Waals surface area contributed by atoms with Crippen molar-refractivity contribution in [3.63, 3.8) is 0 Å². The van der Waals surface area contributed by atoms with Crippen molar-refractivity contribution in [2.45, 2.75) is 33.1 Å². The van der Waals surface area contributed by atoms with Crippen LogP contribution < -0.4 is 15.5 Å². The fourth-order valence-corrected chi connectivity index (χ4v) is 3.74. The summed E-state index contributed by atoms with van der Waals surface area (Å²) in [6.07, 6.45) is 3.31. The molecule has 2 aliphatic rings. The molecule has 0 saturated carbocycles. The van der Waals surface area contributed by atoms with Gasteiger partial charge in [-0.15, -0.1) is 0 Å². The molecule has 3 heterocycles. The summed E-state index contributed by atoms with van der Waals surface area (Å²) in [5, 5.41) is 11.5. The van der Waals surface area contributed by atoms with Crippen LogP contribution in [0.1, 0.15) is 33.1 Å². The molecule has 0 amide bonds. The van der Waals surface area contributed by atoms with Crippen LogP contribution in [-0.2, 0) is 0 Å². The van der Waals surface area contributed by atoms with Gasteiger partial charge in [-0.2, -0.15) is 9.97 Å². The topological polar surface area (TPSA) is 101 Å². The highest BCUT2D eigenvalue weighted by Crippen LogP contribution is 2.36. The molecule has 1 aromatic rings. The van der Waals surface area contributed by atoms with Crippen LogP contribution in [0.15, 0.2) is 0 Å². The third-order valence-electron chi connectivity index (χ3n) is 4.62. The van der Waals surface area contributed by atoms with E-state index in [9.17, 15) is 10.1 Å². The first-order valence-corrected chi connectivity index (χ1v) is 8.27. The zero-order valence-corrected chi connectivity index (χ0v) is 13.7. The highest BCUT2D eigenvalue weighted by Gasteiger charge is 2.32. The second kappa shape index (κ2) is 6.17. The van der Waals surface area contributed by atoms with Gasteiger partial charge in [0.2, 0.25) is 17.6 Å². The second-order valence-electron chi connectivity index (χ2n) is 6.88. The van der Waals surface area contributed by atoms with Crippen LogP contribution in [0.2, 0.25) is 0 Å². The average Bonchev–Trinajstić information content (AvgIpc) is 2.99. The Morgan fingerprint density at radius 3 is 2.30 bits per heavy atom. The summed E-state index contributed by atoms with van der Waals surface area (Å²) in [6.45, 7) is 7.62. The van der Waals surface area contributed by atoms with Gasteiger partial charge in [-0.25, -0.2) is 0 Å². The lowest BCUT2D eigenvalue weighted by atomic mass is 9.92. The average molecular weight is 320 g/mol. The van der Waals surface area contributed by atoms with Crippen molar-refractivity contribution in [1.29, 1.82) is 0 Å². The number of nitrogen functional groups attached to an aromatic ring is 1. The standard InChI is InChI=1S/C15H24N6O2/c1-10-7-11(2)9-20(8-10)14-12(21(22)23)13(16)17-15(18-14)19-5-3-4-6-19/h10-11H,3-9H2,1-2H3,(H2,16,17,18). The van der Waals surface area contributed by atoms with Crippen LogP contribution in [0.5, 0.6) is 0 Å². The third kappa shape index (κ3) is 3.16. The lowest BCUT2D eigenvalue weighted by molar-refractivity contribution is -0.383. The maximum atomic E-state index is 11.5. The normalized spacial score (nSPS) is 25.0. The van der Waals surface area contributed by atoms with Gasteiger partial charge in [0.1, 0.15) is 0 Å². The number of rotatable bonds is 3. The van der Waals surface area contributed by atoms with Gasteiger partial charge < -0.3 is 15.5 Å². The highest BCUT2D eigenvalue weighted by atomic mass is 16.6. The Morgan fingerprint density at radius 2 is 1.74 bits per heavy atom. The smallest absolute Gasteiger partial charge is 0.353 e. The fraction of sp³-hybridized carbons (Fsp3) is 0.733. The SMILES string of the molecule is CC1CC(C)CN(c2nc(N3CCCC3)nc(N)c2[N+](=O)[O-])C1. The maximum absolute atomic E-state index is 11.5. The zero-order chi connectivity index (χ0) is 16.6. The molecular weight excluding hydrogens is 296 g/mol. The Kier molecular flexibility index (Phi) is 4.23. The van der Waals surface area contributed by atoms with Gasteiger partial charge in [0.15, 0.2) is 0 Å². The highest BCUT2D eigenvalue weighted by molar-refractivity contribution is 5.71. The van der Waals surface area contributed by atoms with Crippen molar-refractivity contribution in [3.8, 4) is 0 Å². The van der Waals surface area contributed by atoms with Crippen LogP contribution in [0, 0.1) is 22.0 Å². The number of nitrogens with zero attached hydrogens (tertiary/aromatic N) is 5. The number of aromatic nitrogens is 2. The number of nitrogens with two attached hydrogens (primary N) is 1. The first-order valence-electron chi connectivity index (χ1n) is 8.27. The number of piperidine rings is 1. The van der Waals surface area contributed by atoms with Crippen LogP contribution in [-0.4, -0.2) is 41.1 Å².